The van der Waals surface area contributed by atoms with Gasteiger partial charge >= 0.3 is 0 Å². The number of aromatic nitrogens is 2. The molecule has 0 atom stereocenters. The van der Waals surface area contributed by atoms with E-state index >= 15 is 0 Å². The van der Waals surface area contributed by atoms with Gasteiger partial charge in [0.25, 0.3) is 5.91 Å². The number of ether oxygens (including phenoxy) is 1. The smallest absolute Gasteiger partial charge is 0.271 e. The van der Waals surface area contributed by atoms with Crippen LogP contribution in [0.15, 0.2) is 6.07 Å². The lowest BCUT2D eigenvalue weighted by Gasteiger charge is -2.26. The fourth-order valence-corrected chi connectivity index (χ4v) is 2.36. The lowest BCUT2D eigenvalue weighted by Crippen LogP contribution is -2.41. The van der Waals surface area contributed by atoms with Gasteiger partial charge in [0.1, 0.15) is 5.69 Å². The molecule has 1 aromatic rings. The Hall–Kier alpha value is -1.40. The molecule has 0 spiro atoms. The van der Waals surface area contributed by atoms with Gasteiger partial charge in [-0.25, -0.2) is 0 Å². The summed E-state index contributed by atoms with van der Waals surface area (Å²) in [5, 5.41) is 7.27. The fourth-order valence-electron chi connectivity index (χ4n) is 2.36. The van der Waals surface area contributed by atoms with Crippen LogP contribution in [-0.2, 0) is 4.74 Å². The third kappa shape index (κ3) is 3.80. The minimum atomic E-state index is -0.0965. The second kappa shape index (κ2) is 6.85. The summed E-state index contributed by atoms with van der Waals surface area (Å²) in [4.78, 5) is 14.3. The molecule has 1 fully saturated rings. The Bertz CT molecular complexity index is 450. The zero-order valence-electron chi connectivity index (χ0n) is 12.6. The van der Waals surface area contributed by atoms with Crippen molar-refractivity contribution in [1.29, 1.82) is 0 Å². The van der Waals surface area contributed by atoms with Crippen LogP contribution >= 0.6 is 0 Å². The van der Waals surface area contributed by atoms with Gasteiger partial charge in [0.2, 0.25) is 0 Å². The Labute approximate surface area is 120 Å². The van der Waals surface area contributed by atoms with E-state index < -0.39 is 0 Å². The Balaban J connectivity index is 1.81. The van der Waals surface area contributed by atoms with Crippen LogP contribution in [0, 0.1) is 6.92 Å². The van der Waals surface area contributed by atoms with Crippen molar-refractivity contribution in [3.63, 3.8) is 0 Å². The highest BCUT2D eigenvalue weighted by Crippen LogP contribution is 2.10. The average Bonchev–Trinajstić information content (AvgIpc) is 2.82. The van der Waals surface area contributed by atoms with Crippen molar-refractivity contribution in [3.8, 4) is 0 Å². The van der Waals surface area contributed by atoms with Crippen LogP contribution in [-0.4, -0.2) is 60.0 Å². The quantitative estimate of drug-likeness (QED) is 0.868. The van der Waals surface area contributed by atoms with Crippen LogP contribution in [0.25, 0.3) is 0 Å². The number of hydrogen-bond donors (Lipinski definition) is 1. The lowest BCUT2D eigenvalue weighted by atomic mass is 10.3. The van der Waals surface area contributed by atoms with E-state index in [2.05, 4.69) is 29.2 Å². The average molecular weight is 280 g/mol. The third-order valence-electron chi connectivity index (χ3n) is 3.46. The molecule has 112 valence electrons. The van der Waals surface area contributed by atoms with Crippen molar-refractivity contribution in [1.82, 2.24) is 20.0 Å². The number of carbonyl (C=O) groups is 1. The molecule has 1 aromatic heterocycles. The zero-order chi connectivity index (χ0) is 14.5. The highest BCUT2D eigenvalue weighted by molar-refractivity contribution is 5.92. The molecule has 1 saturated heterocycles. The number of amides is 1. The number of nitrogens with one attached hydrogen (secondary N) is 1. The molecule has 6 heteroatoms. The predicted octanol–water partition coefficient (Wildman–Crippen LogP) is 0.834. The SMILES string of the molecule is Cc1cc(C(=O)NCCN2CCOCC2)nn1C(C)C. The predicted molar refractivity (Wildman–Crippen MR) is 76.9 cm³/mol. The molecular formula is C14H24N4O2. The van der Waals surface area contributed by atoms with Gasteiger partial charge in [-0.15, -0.1) is 0 Å². The first kappa shape index (κ1) is 15.0. The van der Waals surface area contributed by atoms with Gasteiger partial charge in [-0.05, 0) is 26.8 Å². The first-order valence-corrected chi connectivity index (χ1v) is 7.22. The van der Waals surface area contributed by atoms with E-state index in [0.29, 0.717) is 12.2 Å². The minimum Gasteiger partial charge on any atom is -0.379 e. The Morgan fingerprint density at radius 2 is 2.15 bits per heavy atom. The largest absolute Gasteiger partial charge is 0.379 e. The van der Waals surface area contributed by atoms with E-state index in [1.54, 1.807) is 0 Å². The Morgan fingerprint density at radius 3 is 2.75 bits per heavy atom. The van der Waals surface area contributed by atoms with Crippen molar-refractivity contribution in [3.05, 3.63) is 17.5 Å². The van der Waals surface area contributed by atoms with E-state index in [9.17, 15) is 4.79 Å². The van der Waals surface area contributed by atoms with Crippen LogP contribution in [0.3, 0.4) is 0 Å². The molecular weight excluding hydrogens is 256 g/mol. The minimum absolute atomic E-state index is 0.0965. The molecule has 0 aromatic carbocycles. The third-order valence-corrected chi connectivity index (χ3v) is 3.46. The molecule has 1 aliphatic rings. The van der Waals surface area contributed by atoms with Gasteiger partial charge in [-0.1, -0.05) is 0 Å². The molecule has 0 unspecified atom stereocenters. The standard InChI is InChI=1S/C14H24N4O2/c1-11(2)18-12(3)10-13(16-18)14(19)15-4-5-17-6-8-20-9-7-17/h10-11H,4-9H2,1-3H3,(H,15,19). The first-order valence-electron chi connectivity index (χ1n) is 7.22. The van der Waals surface area contributed by atoms with Gasteiger partial charge in [0.05, 0.1) is 13.2 Å². The van der Waals surface area contributed by atoms with Gasteiger partial charge in [0.15, 0.2) is 0 Å². The summed E-state index contributed by atoms with van der Waals surface area (Å²) in [6.07, 6.45) is 0. The summed E-state index contributed by atoms with van der Waals surface area (Å²) in [7, 11) is 0. The van der Waals surface area contributed by atoms with Crippen LogP contribution in [0.4, 0.5) is 0 Å². The zero-order valence-corrected chi connectivity index (χ0v) is 12.6. The number of morpholine rings is 1. The first-order chi connectivity index (χ1) is 9.58. The number of nitrogens with zero attached hydrogens (tertiary/aromatic N) is 3. The maximum Gasteiger partial charge on any atom is 0.271 e. The summed E-state index contributed by atoms with van der Waals surface area (Å²) in [6, 6.07) is 2.11. The monoisotopic (exact) mass is 280 g/mol. The summed E-state index contributed by atoms with van der Waals surface area (Å²) in [5.74, 6) is -0.0965. The van der Waals surface area contributed by atoms with Gasteiger partial charge in [-0.3, -0.25) is 14.4 Å². The summed E-state index contributed by atoms with van der Waals surface area (Å²) < 4.78 is 7.16. The van der Waals surface area contributed by atoms with Crippen molar-refractivity contribution in [2.75, 3.05) is 39.4 Å². The summed E-state index contributed by atoms with van der Waals surface area (Å²) in [6.45, 7) is 11.0. The van der Waals surface area contributed by atoms with Crippen LogP contribution < -0.4 is 5.32 Å². The molecule has 2 rings (SSSR count). The number of carbonyl (C=O) groups excluding carboxylic acids is 1. The molecule has 0 saturated carbocycles. The highest BCUT2D eigenvalue weighted by atomic mass is 16.5. The van der Waals surface area contributed by atoms with Gasteiger partial charge < -0.3 is 10.1 Å². The summed E-state index contributed by atoms with van der Waals surface area (Å²) >= 11 is 0. The molecule has 20 heavy (non-hydrogen) atoms. The molecule has 1 aliphatic heterocycles. The second-order valence-corrected chi connectivity index (χ2v) is 5.42. The van der Waals surface area contributed by atoms with E-state index in [1.807, 2.05) is 17.7 Å². The molecule has 1 amide bonds. The topological polar surface area (TPSA) is 59.4 Å². The number of hydrogen-bond acceptors (Lipinski definition) is 4. The van der Waals surface area contributed by atoms with Gasteiger partial charge in [0, 0.05) is 37.9 Å². The van der Waals surface area contributed by atoms with E-state index in [0.717, 1.165) is 38.5 Å². The molecule has 2 heterocycles. The van der Waals surface area contributed by atoms with Crippen LogP contribution in [0.2, 0.25) is 0 Å². The Morgan fingerprint density at radius 1 is 1.45 bits per heavy atom. The molecule has 0 bridgehead atoms. The van der Waals surface area contributed by atoms with E-state index in [-0.39, 0.29) is 11.9 Å². The Kier molecular flexibility index (Phi) is 5.14. The van der Waals surface area contributed by atoms with E-state index in [4.69, 9.17) is 4.74 Å². The molecule has 0 aliphatic carbocycles. The van der Waals surface area contributed by atoms with Crippen LogP contribution in [0.1, 0.15) is 36.1 Å². The normalized spacial score (nSPS) is 16.6. The summed E-state index contributed by atoms with van der Waals surface area (Å²) in [5.41, 5.74) is 1.51. The van der Waals surface area contributed by atoms with Gasteiger partial charge in [-0.2, -0.15) is 5.10 Å². The van der Waals surface area contributed by atoms with E-state index in [1.165, 1.54) is 0 Å². The maximum absolute atomic E-state index is 12.0. The second-order valence-electron chi connectivity index (χ2n) is 5.42. The molecule has 1 N–H and O–H groups in total. The fraction of sp³-hybridized carbons (Fsp3) is 0.714. The van der Waals surface area contributed by atoms with Crippen molar-refractivity contribution < 1.29 is 9.53 Å². The van der Waals surface area contributed by atoms with Crippen LogP contribution in [0.5, 0.6) is 0 Å². The highest BCUT2D eigenvalue weighted by Gasteiger charge is 2.14. The van der Waals surface area contributed by atoms with Crippen molar-refractivity contribution in [2.24, 2.45) is 0 Å². The number of rotatable bonds is 5. The van der Waals surface area contributed by atoms with Crippen molar-refractivity contribution in [2.45, 2.75) is 26.8 Å². The maximum atomic E-state index is 12.0. The lowest BCUT2D eigenvalue weighted by molar-refractivity contribution is 0.0383. The number of aryl methyl sites for hydroxylation is 1. The van der Waals surface area contributed by atoms with Crippen molar-refractivity contribution >= 4 is 5.91 Å². The molecule has 6 nitrogen and oxygen atoms in total. The molecule has 0 radical (unpaired) electrons.